The first-order valence-corrected chi connectivity index (χ1v) is 12.9. The van der Waals surface area contributed by atoms with Gasteiger partial charge in [0.2, 0.25) is 0 Å². The lowest BCUT2D eigenvalue weighted by Gasteiger charge is -2.24. The zero-order chi connectivity index (χ0) is 25.6. The van der Waals surface area contributed by atoms with Crippen molar-refractivity contribution in [2.45, 2.75) is 24.7 Å². The number of rotatable bonds is 9. The summed E-state index contributed by atoms with van der Waals surface area (Å²) in [6.45, 7) is -1.53. The van der Waals surface area contributed by atoms with Gasteiger partial charge in [0.15, 0.2) is 11.5 Å². The molecule has 16 heteroatoms. The maximum atomic E-state index is 12.5. The van der Waals surface area contributed by atoms with E-state index in [1.54, 1.807) is 22.6 Å². The van der Waals surface area contributed by atoms with E-state index in [4.69, 9.17) is 19.7 Å². The molecule has 0 aliphatic carbocycles. The Labute approximate surface area is 234 Å². The number of carbonyl (C=O) groups excluding carboxylic acids is 3. The summed E-state index contributed by atoms with van der Waals surface area (Å²) in [4.78, 5) is 38.4. The molecule has 0 bridgehead atoms. The molecule has 1 fully saturated rings. The first-order chi connectivity index (χ1) is 16.0. The third-order valence-corrected chi connectivity index (χ3v) is 7.42. The Morgan fingerprint density at radius 2 is 1.38 bits per heavy atom. The fraction of sp³-hybridized carbons (Fsp3) is 0.500. The molecule has 3 amide bonds. The normalized spacial score (nSPS) is 17.4. The molecule has 2 rings (SSSR count). The van der Waals surface area contributed by atoms with Gasteiger partial charge >= 0.3 is 12.2 Å². The van der Waals surface area contributed by atoms with Gasteiger partial charge in [-0.05, 0) is 67.8 Å². The van der Waals surface area contributed by atoms with Crippen LogP contribution in [0.5, 0.6) is 11.5 Å². The third kappa shape index (κ3) is 7.36. The van der Waals surface area contributed by atoms with Gasteiger partial charge in [-0.3, -0.25) is 4.79 Å². The van der Waals surface area contributed by atoms with Crippen LogP contribution in [0.3, 0.4) is 0 Å². The van der Waals surface area contributed by atoms with Crippen molar-refractivity contribution in [1.82, 2.24) is 10.6 Å². The van der Waals surface area contributed by atoms with Gasteiger partial charge in [0.1, 0.15) is 9.67 Å². The highest BCUT2D eigenvalue weighted by molar-refractivity contribution is 14.1. The first-order valence-electron chi connectivity index (χ1n) is 9.70. The van der Waals surface area contributed by atoms with Crippen molar-refractivity contribution < 1.29 is 49.4 Å². The summed E-state index contributed by atoms with van der Waals surface area (Å²) in [6.07, 6.45) is -5.35. The number of hydrogen-bond donors (Lipinski definition) is 7. The molecule has 0 aromatic heterocycles. The predicted octanol–water partition coefficient (Wildman–Crippen LogP) is -0.519. The number of aliphatic hydroxyl groups is 5. The number of carbonyl (C=O) groups is 3. The molecule has 1 aliphatic heterocycles. The van der Waals surface area contributed by atoms with Crippen LogP contribution in [0.2, 0.25) is 0 Å². The van der Waals surface area contributed by atoms with Crippen LogP contribution in [0.4, 0.5) is 15.3 Å². The molecule has 34 heavy (non-hydrogen) atoms. The van der Waals surface area contributed by atoms with Crippen LogP contribution in [0.1, 0.15) is 6.42 Å². The van der Waals surface area contributed by atoms with E-state index in [-0.39, 0.29) is 46.8 Å². The van der Waals surface area contributed by atoms with E-state index < -0.39 is 49.6 Å². The quantitative estimate of drug-likeness (QED) is 0.159. The highest BCUT2D eigenvalue weighted by Crippen LogP contribution is 2.46. The maximum Gasteiger partial charge on any atom is 0.412 e. The minimum absolute atomic E-state index is 0.0417. The van der Waals surface area contributed by atoms with Gasteiger partial charge in [0.05, 0.1) is 38.2 Å². The van der Waals surface area contributed by atoms with Crippen LogP contribution in [0.15, 0.2) is 0 Å². The minimum atomic E-state index is -1.20. The second-order valence-electron chi connectivity index (χ2n) is 6.96. The van der Waals surface area contributed by atoms with Crippen LogP contribution in [-0.4, -0.2) is 94.8 Å². The maximum absolute atomic E-state index is 12.5. The van der Waals surface area contributed by atoms with Crippen LogP contribution in [0, 0.1) is 10.7 Å². The van der Waals surface area contributed by atoms with Gasteiger partial charge in [-0.1, -0.05) is 0 Å². The summed E-state index contributed by atoms with van der Waals surface area (Å²) in [5, 5.41) is 51.1. The van der Waals surface area contributed by atoms with Crippen LogP contribution in [0.25, 0.3) is 0 Å². The molecule has 13 nitrogen and oxygen atoms in total. The Kier molecular flexibility index (Phi) is 11.7. The SMILES string of the molecule is O=C(NCC(O)CO)Oc1c(I)c(OC(=O)NCC(O)CO)c(I)c(N2CCC(O)C2=O)c1I. The monoisotopic (exact) mass is 821 g/mol. The summed E-state index contributed by atoms with van der Waals surface area (Å²) >= 11 is 5.53. The lowest BCUT2D eigenvalue weighted by molar-refractivity contribution is -0.124. The van der Waals surface area contributed by atoms with Gasteiger partial charge in [-0.25, -0.2) is 9.59 Å². The second kappa shape index (κ2) is 13.5. The summed E-state index contributed by atoms with van der Waals surface area (Å²) < 4.78 is 11.6. The molecule has 0 radical (unpaired) electrons. The highest BCUT2D eigenvalue weighted by Gasteiger charge is 2.36. The van der Waals surface area contributed by atoms with Crippen LogP contribution in [-0.2, 0) is 4.79 Å². The second-order valence-corrected chi connectivity index (χ2v) is 10.2. The van der Waals surface area contributed by atoms with Crippen LogP contribution >= 0.6 is 67.8 Å². The van der Waals surface area contributed by atoms with E-state index in [1.165, 1.54) is 4.90 Å². The van der Waals surface area contributed by atoms with E-state index in [1.807, 2.05) is 45.2 Å². The number of hydrogen-bond acceptors (Lipinski definition) is 10. The molecule has 1 aromatic carbocycles. The van der Waals surface area contributed by atoms with Crippen molar-refractivity contribution in [3.63, 3.8) is 0 Å². The summed E-state index contributed by atoms with van der Waals surface area (Å²) in [7, 11) is 0. The topological polar surface area (TPSA) is 198 Å². The molecule has 1 aliphatic rings. The Balaban J connectivity index is 2.44. The number of halogens is 3. The van der Waals surface area contributed by atoms with Crippen molar-refractivity contribution in [2.24, 2.45) is 0 Å². The van der Waals surface area contributed by atoms with E-state index in [2.05, 4.69) is 10.6 Å². The van der Waals surface area contributed by atoms with Crippen molar-refractivity contribution in [3.05, 3.63) is 10.7 Å². The zero-order valence-corrected chi connectivity index (χ0v) is 23.8. The predicted molar refractivity (Wildman–Crippen MR) is 142 cm³/mol. The van der Waals surface area contributed by atoms with Crippen molar-refractivity contribution in [1.29, 1.82) is 0 Å². The molecular formula is C18H22I3N3O10. The van der Waals surface area contributed by atoms with E-state index in [0.717, 1.165) is 0 Å². The summed E-state index contributed by atoms with van der Waals surface area (Å²) in [5.41, 5.74) is 0.263. The first kappa shape index (κ1) is 29.5. The lowest BCUT2D eigenvalue weighted by Crippen LogP contribution is -2.37. The Hall–Kier alpha value is -0.780. The van der Waals surface area contributed by atoms with Gasteiger partial charge in [0, 0.05) is 26.1 Å². The van der Waals surface area contributed by atoms with Crippen molar-refractivity contribution >= 4 is 91.6 Å². The largest absolute Gasteiger partial charge is 0.412 e. The molecular weight excluding hydrogens is 799 g/mol. The molecule has 3 atom stereocenters. The number of anilines is 1. The smallest absolute Gasteiger partial charge is 0.408 e. The minimum Gasteiger partial charge on any atom is -0.408 e. The molecule has 0 saturated carbocycles. The lowest BCUT2D eigenvalue weighted by atomic mass is 10.2. The van der Waals surface area contributed by atoms with Gasteiger partial charge in [-0.15, -0.1) is 0 Å². The average molecular weight is 821 g/mol. The zero-order valence-electron chi connectivity index (χ0n) is 17.3. The molecule has 190 valence electrons. The number of benzene rings is 1. The van der Waals surface area contributed by atoms with Crippen molar-refractivity contribution in [3.8, 4) is 11.5 Å². The van der Waals surface area contributed by atoms with Gasteiger partial charge in [-0.2, -0.15) is 0 Å². The third-order valence-electron chi connectivity index (χ3n) is 4.44. The number of nitrogens with one attached hydrogen (secondary N) is 2. The Bertz CT molecular complexity index is 880. The molecule has 0 spiro atoms. The molecule has 1 aromatic rings. The van der Waals surface area contributed by atoms with E-state index in [9.17, 15) is 29.7 Å². The molecule has 3 unspecified atom stereocenters. The summed E-state index contributed by atoms with van der Waals surface area (Å²) in [6, 6.07) is 0. The number of nitrogens with zero attached hydrogens (tertiary/aromatic N) is 1. The molecule has 1 saturated heterocycles. The highest BCUT2D eigenvalue weighted by atomic mass is 127. The van der Waals surface area contributed by atoms with E-state index >= 15 is 0 Å². The molecule has 7 N–H and O–H groups in total. The number of amides is 3. The standard InChI is InChI=1S/C18H22I3N3O10/c19-10-13(24-2-1-9(29)16(24)30)11(20)15(34-18(32)23-4-8(28)6-26)12(21)14(10)33-17(31)22-3-7(27)5-25/h7-9,25-29H,1-6H2,(H,22,31)(H,23,32). The van der Waals surface area contributed by atoms with Crippen LogP contribution < -0.4 is 25.0 Å². The summed E-state index contributed by atoms with van der Waals surface area (Å²) in [5.74, 6) is -0.653. The fourth-order valence-electron chi connectivity index (χ4n) is 2.70. The Morgan fingerprint density at radius 3 is 1.74 bits per heavy atom. The van der Waals surface area contributed by atoms with Gasteiger partial charge in [0.25, 0.3) is 5.91 Å². The fourth-order valence-corrected chi connectivity index (χ4v) is 6.89. The van der Waals surface area contributed by atoms with Crippen molar-refractivity contribution in [2.75, 3.05) is 37.7 Å². The van der Waals surface area contributed by atoms with Gasteiger partial charge < -0.3 is 50.5 Å². The average Bonchev–Trinajstić information content (AvgIpc) is 3.14. The van der Waals surface area contributed by atoms with E-state index in [0.29, 0.717) is 7.14 Å². The number of ether oxygens (including phenoxy) is 2. The Morgan fingerprint density at radius 1 is 0.941 bits per heavy atom. The molecule has 1 heterocycles. The number of aliphatic hydroxyl groups excluding tert-OH is 5.